The van der Waals surface area contributed by atoms with Crippen LogP contribution in [0.4, 0.5) is 5.69 Å². The number of nitrogens with one attached hydrogen (secondary N) is 1. The Hall–Kier alpha value is -2.29. The molecule has 0 aliphatic rings. The van der Waals surface area contributed by atoms with E-state index in [1.807, 2.05) is 68.4 Å². The fourth-order valence-electron chi connectivity index (χ4n) is 2.20. The van der Waals surface area contributed by atoms with E-state index in [1.165, 1.54) is 7.11 Å². The highest BCUT2D eigenvalue weighted by Gasteiger charge is 2.36. The lowest BCUT2D eigenvalue weighted by molar-refractivity contribution is -0.145. The molecule has 1 atom stereocenters. The number of benzene rings is 2. The average molecular weight is 269 g/mol. The second-order valence-electron chi connectivity index (χ2n) is 4.92. The number of carbonyl (C=O) groups excluding carboxylic acids is 1. The van der Waals surface area contributed by atoms with Crippen LogP contribution in [-0.2, 0) is 15.1 Å². The Morgan fingerprint density at radius 1 is 1.05 bits per heavy atom. The maximum Gasteiger partial charge on any atom is 0.335 e. The maximum absolute atomic E-state index is 12.3. The van der Waals surface area contributed by atoms with Gasteiger partial charge in [0, 0.05) is 5.69 Å². The Kier molecular flexibility index (Phi) is 4.08. The molecule has 2 aromatic carbocycles. The molecule has 0 bridgehead atoms. The summed E-state index contributed by atoms with van der Waals surface area (Å²) in [6.45, 7) is 3.84. The van der Waals surface area contributed by atoms with Gasteiger partial charge in [0.05, 0.1) is 7.11 Å². The minimum atomic E-state index is -0.915. The maximum atomic E-state index is 12.3. The smallest absolute Gasteiger partial charge is 0.335 e. The van der Waals surface area contributed by atoms with Gasteiger partial charge in [-0.25, -0.2) is 4.79 Å². The Balaban J connectivity index is 2.44. The van der Waals surface area contributed by atoms with Crippen LogP contribution in [0.2, 0.25) is 0 Å². The first-order valence-corrected chi connectivity index (χ1v) is 6.55. The second-order valence-corrected chi connectivity index (χ2v) is 4.92. The third-order valence-corrected chi connectivity index (χ3v) is 3.47. The summed E-state index contributed by atoms with van der Waals surface area (Å²) in [6, 6.07) is 17.5. The Bertz CT molecular complexity index is 595. The van der Waals surface area contributed by atoms with E-state index in [4.69, 9.17) is 4.74 Å². The first-order chi connectivity index (χ1) is 9.58. The van der Waals surface area contributed by atoms with Crippen molar-refractivity contribution < 1.29 is 9.53 Å². The van der Waals surface area contributed by atoms with Crippen molar-refractivity contribution in [1.29, 1.82) is 0 Å². The highest BCUT2D eigenvalue weighted by atomic mass is 16.5. The van der Waals surface area contributed by atoms with Gasteiger partial charge in [0.25, 0.3) is 0 Å². The van der Waals surface area contributed by atoms with Gasteiger partial charge >= 0.3 is 5.97 Å². The summed E-state index contributed by atoms with van der Waals surface area (Å²) in [7, 11) is 1.41. The van der Waals surface area contributed by atoms with Crippen molar-refractivity contribution in [2.45, 2.75) is 19.4 Å². The zero-order chi connectivity index (χ0) is 14.6. The van der Waals surface area contributed by atoms with Gasteiger partial charge in [0.15, 0.2) is 5.54 Å². The average Bonchev–Trinajstić information content (AvgIpc) is 2.49. The molecule has 0 amide bonds. The number of rotatable bonds is 4. The summed E-state index contributed by atoms with van der Waals surface area (Å²) in [5.41, 5.74) is 1.96. The van der Waals surface area contributed by atoms with Crippen LogP contribution in [0, 0.1) is 6.92 Å². The van der Waals surface area contributed by atoms with Crippen LogP contribution in [0.5, 0.6) is 0 Å². The summed E-state index contributed by atoms with van der Waals surface area (Å²) in [6.07, 6.45) is 0. The monoisotopic (exact) mass is 269 g/mol. The highest BCUT2D eigenvalue weighted by Crippen LogP contribution is 2.28. The van der Waals surface area contributed by atoms with E-state index in [2.05, 4.69) is 5.32 Å². The molecule has 3 nitrogen and oxygen atoms in total. The Labute approximate surface area is 119 Å². The number of hydrogen-bond acceptors (Lipinski definition) is 3. The van der Waals surface area contributed by atoms with Crippen LogP contribution < -0.4 is 5.32 Å². The molecule has 2 rings (SSSR count). The number of aryl methyl sites for hydroxylation is 1. The minimum absolute atomic E-state index is 0.313. The van der Waals surface area contributed by atoms with Crippen molar-refractivity contribution in [2.75, 3.05) is 12.4 Å². The topological polar surface area (TPSA) is 38.3 Å². The SMILES string of the molecule is COC(=O)C(C)(Nc1ccccc1C)c1ccccc1. The van der Waals surface area contributed by atoms with Gasteiger partial charge in [0.2, 0.25) is 0 Å². The number of carbonyl (C=O) groups is 1. The molecule has 0 aliphatic heterocycles. The van der Waals surface area contributed by atoms with Crippen LogP contribution in [0.15, 0.2) is 54.6 Å². The van der Waals surface area contributed by atoms with Crippen LogP contribution in [0.25, 0.3) is 0 Å². The molecule has 20 heavy (non-hydrogen) atoms. The Morgan fingerprint density at radius 2 is 1.65 bits per heavy atom. The van der Waals surface area contributed by atoms with Gasteiger partial charge in [-0.05, 0) is 31.0 Å². The van der Waals surface area contributed by atoms with E-state index in [0.717, 1.165) is 16.8 Å². The molecule has 3 heteroatoms. The number of para-hydroxylation sites is 1. The predicted octanol–water partition coefficient (Wildman–Crippen LogP) is 3.50. The molecule has 0 aromatic heterocycles. The molecule has 104 valence electrons. The van der Waals surface area contributed by atoms with Gasteiger partial charge in [-0.2, -0.15) is 0 Å². The molecule has 0 saturated carbocycles. The molecule has 1 N–H and O–H groups in total. The fourth-order valence-corrected chi connectivity index (χ4v) is 2.20. The molecule has 2 aromatic rings. The molecule has 0 fully saturated rings. The first kappa shape index (κ1) is 14.1. The van der Waals surface area contributed by atoms with Crippen molar-refractivity contribution >= 4 is 11.7 Å². The minimum Gasteiger partial charge on any atom is -0.467 e. The fraction of sp³-hybridized carbons (Fsp3) is 0.235. The number of hydrogen-bond donors (Lipinski definition) is 1. The van der Waals surface area contributed by atoms with E-state index in [-0.39, 0.29) is 5.97 Å². The third-order valence-electron chi connectivity index (χ3n) is 3.47. The van der Waals surface area contributed by atoms with Crippen LogP contribution in [-0.4, -0.2) is 13.1 Å². The molecule has 1 unspecified atom stereocenters. The van der Waals surface area contributed by atoms with E-state index >= 15 is 0 Å². The van der Waals surface area contributed by atoms with Gasteiger partial charge in [-0.1, -0.05) is 48.5 Å². The van der Waals surface area contributed by atoms with E-state index in [0.29, 0.717) is 0 Å². The Morgan fingerprint density at radius 3 is 2.25 bits per heavy atom. The molecule has 0 radical (unpaired) electrons. The van der Waals surface area contributed by atoms with Crippen molar-refractivity contribution in [3.63, 3.8) is 0 Å². The molecule has 0 aliphatic carbocycles. The van der Waals surface area contributed by atoms with Crippen LogP contribution in [0.1, 0.15) is 18.1 Å². The van der Waals surface area contributed by atoms with Crippen molar-refractivity contribution in [1.82, 2.24) is 0 Å². The number of ether oxygens (including phenoxy) is 1. The predicted molar refractivity (Wildman–Crippen MR) is 80.6 cm³/mol. The largest absolute Gasteiger partial charge is 0.467 e. The lowest BCUT2D eigenvalue weighted by Crippen LogP contribution is -2.41. The van der Waals surface area contributed by atoms with Crippen molar-refractivity contribution in [3.8, 4) is 0 Å². The van der Waals surface area contributed by atoms with Crippen LogP contribution >= 0.6 is 0 Å². The zero-order valence-electron chi connectivity index (χ0n) is 12.0. The number of methoxy groups -OCH3 is 1. The van der Waals surface area contributed by atoms with Gasteiger partial charge in [-0.15, -0.1) is 0 Å². The lowest BCUT2D eigenvalue weighted by atomic mass is 9.91. The standard InChI is InChI=1S/C17H19NO2/c1-13-9-7-8-12-15(13)18-17(2,16(19)20-3)14-10-5-4-6-11-14/h4-12,18H,1-3H3. The summed E-state index contributed by atoms with van der Waals surface area (Å²) >= 11 is 0. The first-order valence-electron chi connectivity index (χ1n) is 6.55. The van der Waals surface area contributed by atoms with E-state index in [1.54, 1.807) is 0 Å². The molecular formula is C17H19NO2. The van der Waals surface area contributed by atoms with E-state index < -0.39 is 5.54 Å². The highest BCUT2D eigenvalue weighted by molar-refractivity contribution is 5.86. The number of esters is 1. The summed E-state index contributed by atoms with van der Waals surface area (Å²) < 4.78 is 4.98. The third kappa shape index (κ3) is 2.67. The molecule has 0 spiro atoms. The van der Waals surface area contributed by atoms with Gasteiger partial charge < -0.3 is 10.1 Å². The van der Waals surface area contributed by atoms with Gasteiger partial charge in [-0.3, -0.25) is 0 Å². The number of anilines is 1. The molecule has 0 heterocycles. The quantitative estimate of drug-likeness (QED) is 0.863. The summed E-state index contributed by atoms with van der Waals surface area (Å²) in [5, 5.41) is 3.32. The van der Waals surface area contributed by atoms with E-state index in [9.17, 15) is 4.79 Å². The zero-order valence-corrected chi connectivity index (χ0v) is 12.0. The summed E-state index contributed by atoms with van der Waals surface area (Å²) in [4.78, 5) is 12.3. The summed E-state index contributed by atoms with van der Waals surface area (Å²) in [5.74, 6) is -0.313. The van der Waals surface area contributed by atoms with Crippen molar-refractivity contribution in [2.24, 2.45) is 0 Å². The molecular weight excluding hydrogens is 250 g/mol. The lowest BCUT2D eigenvalue weighted by Gasteiger charge is -2.30. The second kappa shape index (κ2) is 5.78. The molecule has 0 saturated heterocycles. The normalized spacial score (nSPS) is 13.3. The van der Waals surface area contributed by atoms with Crippen LogP contribution in [0.3, 0.4) is 0 Å². The van der Waals surface area contributed by atoms with Gasteiger partial charge in [0.1, 0.15) is 0 Å². The van der Waals surface area contributed by atoms with Crippen molar-refractivity contribution in [3.05, 3.63) is 65.7 Å².